The molecule has 0 amide bonds. The SMILES string of the molecule is CCNC(=NCC1(O)CCC1SCC)NC1CCN(c2c(F)cccc2F)C1.I. The van der Waals surface area contributed by atoms with Gasteiger partial charge in [0.1, 0.15) is 17.3 Å². The Kier molecular flexibility index (Phi) is 9.27. The Morgan fingerprint density at radius 3 is 2.62 bits per heavy atom. The number of rotatable bonds is 7. The van der Waals surface area contributed by atoms with Crippen molar-refractivity contribution < 1.29 is 13.9 Å². The maximum absolute atomic E-state index is 14.0. The summed E-state index contributed by atoms with van der Waals surface area (Å²) in [5.74, 6) is 0.559. The third-order valence-electron chi connectivity index (χ3n) is 5.44. The summed E-state index contributed by atoms with van der Waals surface area (Å²) in [5, 5.41) is 17.6. The molecule has 1 aliphatic heterocycles. The molecule has 0 aromatic heterocycles. The number of anilines is 1. The van der Waals surface area contributed by atoms with Crippen molar-refractivity contribution >= 4 is 47.4 Å². The first-order valence-electron chi connectivity index (χ1n) is 10.0. The topological polar surface area (TPSA) is 59.9 Å². The normalized spacial score (nSPS) is 26.7. The Morgan fingerprint density at radius 1 is 1.31 bits per heavy atom. The molecule has 164 valence electrons. The Hall–Kier alpha value is -0.810. The summed E-state index contributed by atoms with van der Waals surface area (Å²) in [6, 6.07) is 3.99. The standard InChI is InChI=1S/C20H30F2N4OS.HI/c1-3-23-19(24-13-20(27)10-8-17(20)28-4-2)25-14-9-11-26(12-14)18-15(21)6-5-7-16(18)22;/h5-7,14,17,27H,3-4,8-13H2,1-2H3,(H2,23,24,25);1H. The van der Waals surface area contributed by atoms with Gasteiger partial charge in [-0.3, -0.25) is 4.99 Å². The molecule has 2 aliphatic rings. The number of hydrogen-bond acceptors (Lipinski definition) is 4. The number of nitrogens with one attached hydrogen (secondary N) is 2. The van der Waals surface area contributed by atoms with Crippen molar-refractivity contribution in [2.24, 2.45) is 4.99 Å². The molecule has 0 radical (unpaired) electrons. The zero-order chi connectivity index (χ0) is 20.1. The van der Waals surface area contributed by atoms with Gasteiger partial charge >= 0.3 is 0 Å². The predicted octanol–water partition coefficient (Wildman–Crippen LogP) is 3.36. The highest BCUT2D eigenvalue weighted by Crippen LogP contribution is 2.41. The van der Waals surface area contributed by atoms with Gasteiger partial charge in [0.2, 0.25) is 0 Å². The zero-order valence-electron chi connectivity index (χ0n) is 17.0. The lowest BCUT2D eigenvalue weighted by molar-refractivity contribution is -0.0154. The molecular formula is C20H31F2IN4OS. The molecule has 1 heterocycles. The third kappa shape index (κ3) is 5.88. The maximum Gasteiger partial charge on any atom is 0.191 e. The van der Waals surface area contributed by atoms with E-state index in [2.05, 4.69) is 22.5 Å². The largest absolute Gasteiger partial charge is 0.387 e. The summed E-state index contributed by atoms with van der Waals surface area (Å²) in [5.41, 5.74) is -0.696. The van der Waals surface area contributed by atoms with Crippen LogP contribution in [0.15, 0.2) is 23.2 Å². The van der Waals surface area contributed by atoms with Crippen molar-refractivity contribution in [3.8, 4) is 0 Å². The lowest BCUT2D eigenvalue weighted by Crippen LogP contribution is -2.53. The summed E-state index contributed by atoms with van der Waals surface area (Å²) in [6.45, 7) is 6.23. The van der Waals surface area contributed by atoms with Crippen LogP contribution in [0.2, 0.25) is 0 Å². The highest BCUT2D eigenvalue weighted by Gasteiger charge is 2.45. The van der Waals surface area contributed by atoms with E-state index in [0.29, 0.717) is 32.1 Å². The summed E-state index contributed by atoms with van der Waals surface area (Å²) >= 11 is 1.79. The molecule has 3 rings (SSSR count). The number of hydrogen-bond donors (Lipinski definition) is 3. The minimum atomic E-state index is -0.735. The fraction of sp³-hybridized carbons (Fsp3) is 0.650. The number of aliphatic imine (C=N–C) groups is 1. The van der Waals surface area contributed by atoms with Crippen LogP contribution in [-0.4, -0.2) is 59.9 Å². The second-order valence-corrected chi connectivity index (χ2v) is 8.91. The third-order valence-corrected chi connectivity index (χ3v) is 6.85. The van der Waals surface area contributed by atoms with Crippen LogP contribution >= 0.6 is 35.7 Å². The lowest BCUT2D eigenvalue weighted by atomic mass is 9.79. The van der Waals surface area contributed by atoms with Crippen LogP contribution in [0.5, 0.6) is 0 Å². The van der Waals surface area contributed by atoms with Gasteiger partial charge in [0.25, 0.3) is 0 Å². The number of nitrogens with zero attached hydrogens (tertiary/aromatic N) is 2. The first kappa shape index (κ1) is 24.5. The fourth-order valence-corrected chi connectivity index (χ4v) is 5.01. The van der Waals surface area contributed by atoms with Crippen LogP contribution in [0.3, 0.4) is 0 Å². The molecule has 5 nitrogen and oxygen atoms in total. The Balaban J connectivity index is 0.00000300. The van der Waals surface area contributed by atoms with Gasteiger partial charge in [-0.1, -0.05) is 13.0 Å². The maximum atomic E-state index is 14.0. The quantitative estimate of drug-likeness (QED) is 0.282. The summed E-state index contributed by atoms with van der Waals surface area (Å²) in [7, 11) is 0. The van der Waals surface area contributed by atoms with Crippen molar-refractivity contribution in [3.05, 3.63) is 29.8 Å². The van der Waals surface area contributed by atoms with E-state index in [0.717, 1.165) is 25.0 Å². The minimum absolute atomic E-state index is 0. The molecule has 3 N–H and O–H groups in total. The Bertz CT molecular complexity index is 691. The number of guanidine groups is 1. The van der Waals surface area contributed by atoms with Gasteiger partial charge in [0, 0.05) is 30.9 Å². The van der Waals surface area contributed by atoms with E-state index in [9.17, 15) is 13.9 Å². The average molecular weight is 540 g/mol. The Labute approximate surface area is 193 Å². The van der Waals surface area contributed by atoms with Crippen molar-refractivity contribution in [2.75, 3.05) is 36.8 Å². The smallest absolute Gasteiger partial charge is 0.191 e. The van der Waals surface area contributed by atoms with Crippen LogP contribution in [0.4, 0.5) is 14.5 Å². The molecule has 29 heavy (non-hydrogen) atoms. The van der Waals surface area contributed by atoms with Gasteiger partial charge in [-0.25, -0.2) is 8.78 Å². The van der Waals surface area contributed by atoms with Crippen LogP contribution < -0.4 is 15.5 Å². The highest BCUT2D eigenvalue weighted by molar-refractivity contribution is 14.0. The molecule has 1 aliphatic carbocycles. The van der Waals surface area contributed by atoms with Gasteiger partial charge in [-0.05, 0) is 44.1 Å². The molecule has 1 aromatic carbocycles. The molecular weight excluding hydrogens is 509 g/mol. The monoisotopic (exact) mass is 540 g/mol. The van der Waals surface area contributed by atoms with E-state index < -0.39 is 17.2 Å². The van der Waals surface area contributed by atoms with Gasteiger partial charge in [-0.15, -0.1) is 24.0 Å². The molecule has 1 aromatic rings. The van der Waals surface area contributed by atoms with Crippen molar-refractivity contribution in [1.82, 2.24) is 10.6 Å². The molecule has 9 heteroatoms. The number of para-hydroxylation sites is 1. The van der Waals surface area contributed by atoms with E-state index in [1.807, 2.05) is 6.92 Å². The van der Waals surface area contributed by atoms with Gasteiger partial charge in [0.15, 0.2) is 5.96 Å². The first-order valence-corrected chi connectivity index (χ1v) is 11.1. The number of aliphatic hydroxyl groups is 1. The van der Waals surface area contributed by atoms with Crippen LogP contribution in [0, 0.1) is 11.6 Å². The fourth-order valence-electron chi connectivity index (χ4n) is 3.82. The first-order chi connectivity index (χ1) is 13.5. The van der Waals surface area contributed by atoms with Gasteiger partial charge in [-0.2, -0.15) is 11.8 Å². The van der Waals surface area contributed by atoms with E-state index in [1.54, 1.807) is 16.7 Å². The van der Waals surface area contributed by atoms with E-state index in [-0.39, 0.29) is 41.0 Å². The minimum Gasteiger partial charge on any atom is -0.387 e. The summed E-state index contributed by atoms with van der Waals surface area (Å²) < 4.78 is 28.1. The molecule has 3 atom stereocenters. The van der Waals surface area contributed by atoms with Gasteiger partial charge < -0.3 is 20.6 Å². The molecule has 3 unspecified atom stereocenters. The van der Waals surface area contributed by atoms with E-state index in [4.69, 9.17) is 0 Å². The molecule has 2 fully saturated rings. The lowest BCUT2D eigenvalue weighted by Gasteiger charge is -2.44. The zero-order valence-corrected chi connectivity index (χ0v) is 20.1. The number of halogens is 3. The molecule has 1 saturated heterocycles. The second kappa shape index (κ2) is 11.0. The van der Waals surface area contributed by atoms with Gasteiger partial charge in [0.05, 0.1) is 12.1 Å². The molecule has 0 spiro atoms. The Morgan fingerprint density at radius 2 is 2.03 bits per heavy atom. The van der Waals surface area contributed by atoms with E-state index in [1.165, 1.54) is 18.2 Å². The van der Waals surface area contributed by atoms with E-state index >= 15 is 0 Å². The average Bonchev–Trinajstić information content (AvgIpc) is 3.11. The van der Waals surface area contributed by atoms with Crippen molar-refractivity contribution in [1.29, 1.82) is 0 Å². The molecule has 1 saturated carbocycles. The van der Waals surface area contributed by atoms with Crippen molar-refractivity contribution in [2.45, 2.75) is 50.0 Å². The van der Waals surface area contributed by atoms with Crippen molar-refractivity contribution in [3.63, 3.8) is 0 Å². The van der Waals surface area contributed by atoms with Crippen LogP contribution in [0.25, 0.3) is 0 Å². The number of benzene rings is 1. The van der Waals surface area contributed by atoms with Crippen LogP contribution in [-0.2, 0) is 0 Å². The molecule has 0 bridgehead atoms. The highest BCUT2D eigenvalue weighted by atomic mass is 127. The predicted molar refractivity (Wildman–Crippen MR) is 128 cm³/mol. The van der Waals surface area contributed by atoms with Crippen LogP contribution in [0.1, 0.15) is 33.1 Å². The summed E-state index contributed by atoms with van der Waals surface area (Å²) in [6.07, 6.45) is 2.56. The number of thioether (sulfide) groups is 1. The summed E-state index contributed by atoms with van der Waals surface area (Å²) in [4.78, 5) is 6.34. The second-order valence-electron chi connectivity index (χ2n) is 7.43.